The first kappa shape index (κ1) is 22.1. The van der Waals surface area contributed by atoms with E-state index in [1.807, 2.05) is 44.2 Å². The molecule has 0 atom stereocenters. The van der Waals surface area contributed by atoms with Crippen LogP contribution in [0.25, 0.3) is 0 Å². The van der Waals surface area contributed by atoms with Gasteiger partial charge in [0.15, 0.2) is 5.82 Å². The van der Waals surface area contributed by atoms with E-state index >= 15 is 0 Å². The molecule has 1 saturated carbocycles. The third-order valence-electron chi connectivity index (χ3n) is 5.77. The highest BCUT2D eigenvalue weighted by molar-refractivity contribution is 6.02. The number of benzene rings is 1. The first-order chi connectivity index (χ1) is 14.4. The van der Waals surface area contributed by atoms with Gasteiger partial charge < -0.3 is 4.74 Å². The summed E-state index contributed by atoms with van der Waals surface area (Å²) in [6.45, 7) is 8.75. The van der Waals surface area contributed by atoms with E-state index in [9.17, 15) is 9.59 Å². The molecule has 0 aliphatic heterocycles. The molecular formula is C24H33N3O3. The Morgan fingerprint density at radius 3 is 2.43 bits per heavy atom. The molecule has 30 heavy (non-hydrogen) atoms. The van der Waals surface area contributed by atoms with Crippen molar-refractivity contribution >= 4 is 17.7 Å². The molecule has 1 amide bonds. The Kier molecular flexibility index (Phi) is 7.29. The van der Waals surface area contributed by atoms with Gasteiger partial charge in [-0.15, -0.1) is 0 Å². The minimum Gasteiger partial charge on any atom is -0.462 e. The predicted octanol–water partition coefficient (Wildman–Crippen LogP) is 4.68. The fraction of sp³-hybridized carbons (Fsp3) is 0.542. The number of anilines is 1. The maximum absolute atomic E-state index is 13.5. The Bertz CT molecular complexity index is 852. The molecule has 1 aliphatic carbocycles. The Balaban J connectivity index is 1.94. The largest absolute Gasteiger partial charge is 0.462 e. The summed E-state index contributed by atoms with van der Waals surface area (Å²) in [7, 11) is 0. The molecule has 0 N–H and O–H groups in total. The van der Waals surface area contributed by atoms with Crippen molar-refractivity contribution in [2.24, 2.45) is 11.8 Å². The van der Waals surface area contributed by atoms with Crippen LogP contribution in [0.15, 0.2) is 36.5 Å². The number of hydrogen-bond acceptors (Lipinski definition) is 4. The zero-order chi connectivity index (χ0) is 21.7. The minimum atomic E-state index is -0.442. The Morgan fingerprint density at radius 1 is 1.17 bits per heavy atom. The zero-order valence-corrected chi connectivity index (χ0v) is 18.5. The molecule has 162 valence electrons. The average molecular weight is 412 g/mol. The van der Waals surface area contributed by atoms with Crippen molar-refractivity contribution in [1.29, 1.82) is 0 Å². The van der Waals surface area contributed by atoms with Crippen LogP contribution in [0.2, 0.25) is 0 Å². The van der Waals surface area contributed by atoms with Crippen LogP contribution < -0.4 is 4.90 Å². The highest BCUT2D eigenvalue weighted by Gasteiger charge is 2.34. The van der Waals surface area contributed by atoms with Gasteiger partial charge in [0.2, 0.25) is 5.91 Å². The van der Waals surface area contributed by atoms with Crippen LogP contribution in [-0.2, 0) is 16.1 Å². The maximum Gasteiger partial charge on any atom is 0.343 e. The van der Waals surface area contributed by atoms with E-state index in [0.717, 1.165) is 31.2 Å². The van der Waals surface area contributed by atoms with E-state index in [2.05, 4.69) is 12.0 Å². The summed E-state index contributed by atoms with van der Waals surface area (Å²) >= 11 is 0. The van der Waals surface area contributed by atoms with E-state index in [4.69, 9.17) is 4.74 Å². The monoisotopic (exact) mass is 411 g/mol. The summed E-state index contributed by atoms with van der Waals surface area (Å²) in [6.07, 6.45) is 5.61. The van der Waals surface area contributed by atoms with Gasteiger partial charge in [0.05, 0.1) is 13.2 Å². The standard InChI is InChI=1S/C24H33N3O3/c1-5-30-24(29)21-16-26(15-19-9-7-6-8-10-19)25-22(21)27(17(2)3)23(28)20-13-11-18(4)12-14-20/h6-10,16-18,20H,5,11-15H2,1-4H3/t18-,20-. The number of nitrogens with zero attached hydrogens (tertiary/aromatic N) is 3. The first-order valence-corrected chi connectivity index (χ1v) is 11.0. The Labute approximate surface area is 179 Å². The second kappa shape index (κ2) is 9.92. The van der Waals surface area contributed by atoms with Crippen LogP contribution in [0.3, 0.4) is 0 Å². The third-order valence-corrected chi connectivity index (χ3v) is 5.77. The first-order valence-electron chi connectivity index (χ1n) is 11.0. The molecular weight excluding hydrogens is 378 g/mol. The molecule has 1 aliphatic rings. The lowest BCUT2D eigenvalue weighted by Crippen LogP contribution is -2.43. The van der Waals surface area contributed by atoms with Gasteiger partial charge >= 0.3 is 5.97 Å². The number of rotatable bonds is 7. The number of ether oxygens (including phenoxy) is 1. The number of aromatic nitrogens is 2. The van der Waals surface area contributed by atoms with Crippen molar-refractivity contribution in [1.82, 2.24) is 9.78 Å². The summed E-state index contributed by atoms with van der Waals surface area (Å²) in [5.74, 6) is 0.678. The molecule has 3 rings (SSSR count). The molecule has 2 aromatic rings. The molecule has 1 fully saturated rings. The zero-order valence-electron chi connectivity index (χ0n) is 18.5. The quantitative estimate of drug-likeness (QED) is 0.621. The smallest absolute Gasteiger partial charge is 0.343 e. The lowest BCUT2D eigenvalue weighted by Gasteiger charge is -2.32. The van der Waals surface area contributed by atoms with Crippen molar-refractivity contribution in [2.75, 3.05) is 11.5 Å². The molecule has 0 unspecified atom stereocenters. The summed E-state index contributed by atoms with van der Waals surface area (Å²) < 4.78 is 7.00. The molecule has 0 bridgehead atoms. The van der Waals surface area contributed by atoms with E-state index in [-0.39, 0.29) is 24.5 Å². The number of hydrogen-bond donors (Lipinski definition) is 0. The van der Waals surface area contributed by atoms with Gasteiger partial charge in [-0.25, -0.2) is 4.79 Å². The molecule has 0 saturated heterocycles. The minimum absolute atomic E-state index is 0.0158. The maximum atomic E-state index is 13.5. The number of esters is 1. The second-order valence-corrected chi connectivity index (χ2v) is 8.53. The summed E-state index contributed by atoms with van der Waals surface area (Å²) in [5.41, 5.74) is 1.42. The van der Waals surface area contributed by atoms with Gasteiger partial charge in [0.1, 0.15) is 5.56 Å². The topological polar surface area (TPSA) is 64.4 Å². The van der Waals surface area contributed by atoms with Crippen molar-refractivity contribution in [2.45, 2.75) is 66.0 Å². The highest BCUT2D eigenvalue weighted by Crippen LogP contribution is 2.32. The molecule has 6 nitrogen and oxygen atoms in total. The highest BCUT2D eigenvalue weighted by atomic mass is 16.5. The summed E-state index contributed by atoms with van der Waals surface area (Å²) in [6, 6.07) is 9.83. The lowest BCUT2D eigenvalue weighted by atomic mass is 9.82. The third kappa shape index (κ3) is 5.10. The Hall–Kier alpha value is -2.63. The summed E-state index contributed by atoms with van der Waals surface area (Å²) in [4.78, 5) is 27.9. The van der Waals surface area contributed by atoms with Gasteiger partial charge in [-0.3, -0.25) is 14.4 Å². The van der Waals surface area contributed by atoms with E-state index in [0.29, 0.717) is 23.8 Å². The van der Waals surface area contributed by atoms with Crippen LogP contribution in [0.1, 0.15) is 69.3 Å². The lowest BCUT2D eigenvalue weighted by molar-refractivity contribution is -0.124. The Morgan fingerprint density at radius 2 is 1.83 bits per heavy atom. The van der Waals surface area contributed by atoms with Gasteiger partial charge in [-0.1, -0.05) is 37.3 Å². The number of amides is 1. The number of carbonyl (C=O) groups is 2. The van der Waals surface area contributed by atoms with Crippen molar-refractivity contribution < 1.29 is 14.3 Å². The van der Waals surface area contributed by atoms with E-state index in [1.54, 1.807) is 22.7 Å². The van der Waals surface area contributed by atoms with Gasteiger partial charge in [0.25, 0.3) is 0 Å². The molecule has 0 spiro atoms. The molecule has 1 heterocycles. The van der Waals surface area contributed by atoms with Gasteiger partial charge in [0, 0.05) is 18.2 Å². The molecule has 1 aromatic heterocycles. The van der Waals surface area contributed by atoms with Gasteiger partial charge in [-0.2, -0.15) is 5.10 Å². The van der Waals surface area contributed by atoms with Crippen molar-refractivity contribution in [3.63, 3.8) is 0 Å². The fourth-order valence-electron chi connectivity index (χ4n) is 4.10. The van der Waals surface area contributed by atoms with Crippen molar-refractivity contribution in [3.05, 3.63) is 47.7 Å². The van der Waals surface area contributed by atoms with Crippen LogP contribution in [0, 0.1) is 11.8 Å². The van der Waals surface area contributed by atoms with E-state index in [1.165, 1.54) is 0 Å². The second-order valence-electron chi connectivity index (χ2n) is 8.53. The van der Waals surface area contributed by atoms with Crippen LogP contribution in [0.5, 0.6) is 0 Å². The van der Waals surface area contributed by atoms with Crippen molar-refractivity contribution in [3.8, 4) is 0 Å². The van der Waals surface area contributed by atoms with Crippen LogP contribution in [-0.4, -0.2) is 34.3 Å². The van der Waals surface area contributed by atoms with Crippen LogP contribution >= 0.6 is 0 Å². The average Bonchev–Trinajstić information content (AvgIpc) is 3.12. The molecule has 1 aromatic carbocycles. The number of carbonyl (C=O) groups excluding carboxylic acids is 2. The normalized spacial score (nSPS) is 19.0. The van der Waals surface area contributed by atoms with E-state index < -0.39 is 5.97 Å². The molecule has 0 radical (unpaired) electrons. The summed E-state index contributed by atoms with van der Waals surface area (Å²) in [5, 5.41) is 4.68. The fourth-order valence-corrected chi connectivity index (χ4v) is 4.10. The van der Waals surface area contributed by atoms with Crippen LogP contribution in [0.4, 0.5) is 5.82 Å². The SMILES string of the molecule is CCOC(=O)c1cn(Cc2ccccc2)nc1N(C(=O)[C@H]1CC[C@H](C)CC1)C(C)C. The molecule has 6 heteroatoms. The predicted molar refractivity (Wildman–Crippen MR) is 117 cm³/mol. The van der Waals surface area contributed by atoms with Gasteiger partial charge in [-0.05, 0) is 57.9 Å².